The summed E-state index contributed by atoms with van der Waals surface area (Å²) in [5, 5.41) is 2.59. The molecule has 10 heteroatoms. The molecule has 3 N–H and O–H groups in total. The second-order valence-corrected chi connectivity index (χ2v) is 8.96. The van der Waals surface area contributed by atoms with Crippen LogP contribution in [0.5, 0.6) is 0 Å². The predicted octanol–water partition coefficient (Wildman–Crippen LogP) is 3.97. The lowest BCUT2D eigenvalue weighted by atomic mass is 10.1. The van der Waals surface area contributed by atoms with E-state index in [9.17, 15) is 22.8 Å². The van der Waals surface area contributed by atoms with Crippen LogP contribution in [0.15, 0.2) is 30.6 Å². The zero-order valence-corrected chi connectivity index (χ0v) is 18.2. The van der Waals surface area contributed by atoms with Crippen molar-refractivity contribution in [2.75, 3.05) is 17.6 Å². The molecular formula is C23H26F3N5O2. The maximum absolute atomic E-state index is 13.0. The molecule has 2 amide bonds. The Morgan fingerprint density at radius 1 is 1.18 bits per heavy atom. The topological polar surface area (TPSA) is 101 Å². The summed E-state index contributed by atoms with van der Waals surface area (Å²) < 4.78 is 38.5. The van der Waals surface area contributed by atoms with E-state index >= 15 is 0 Å². The lowest BCUT2D eigenvalue weighted by molar-refractivity contribution is -0.144. The van der Waals surface area contributed by atoms with Crippen LogP contribution in [0.3, 0.4) is 0 Å². The molecule has 0 spiro atoms. The largest absolute Gasteiger partial charge is 0.417 e. The SMILES string of the molecule is CC(CN(Cc1ccc(C(F)(F)F)cn1)C(=O)C(=O)Nc1cnc(N)c(C2CC2)c1)C1CC1. The third kappa shape index (κ3) is 5.80. The van der Waals surface area contributed by atoms with Crippen molar-refractivity contribution < 1.29 is 22.8 Å². The molecule has 0 aromatic carbocycles. The Morgan fingerprint density at radius 2 is 1.91 bits per heavy atom. The smallest absolute Gasteiger partial charge is 0.383 e. The van der Waals surface area contributed by atoms with E-state index in [4.69, 9.17) is 5.73 Å². The van der Waals surface area contributed by atoms with Crippen LogP contribution in [0.2, 0.25) is 0 Å². The van der Waals surface area contributed by atoms with Gasteiger partial charge in [0.1, 0.15) is 5.82 Å². The van der Waals surface area contributed by atoms with Crippen LogP contribution in [0, 0.1) is 11.8 Å². The Balaban J connectivity index is 1.47. The molecule has 2 aliphatic carbocycles. The van der Waals surface area contributed by atoms with Gasteiger partial charge in [0.25, 0.3) is 0 Å². The highest BCUT2D eigenvalue weighted by Gasteiger charge is 2.33. The highest BCUT2D eigenvalue weighted by Crippen LogP contribution is 2.43. The minimum absolute atomic E-state index is 0.0608. The molecule has 1 atom stereocenters. The lowest BCUT2D eigenvalue weighted by Crippen LogP contribution is -2.42. The van der Waals surface area contributed by atoms with Crippen molar-refractivity contribution in [2.45, 2.75) is 51.2 Å². The van der Waals surface area contributed by atoms with E-state index in [1.165, 1.54) is 17.2 Å². The number of nitrogen functional groups attached to an aromatic ring is 1. The first-order valence-electron chi connectivity index (χ1n) is 11.0. The van der Waals surface area contributed by atoms with Crippen LogP contribution in [0.25, 0.3) is 0 Å². The van der Waals surface area contributed by atoms with Crippen molar-refractivity contribution in [1.82, 2.24) is 14.9 Å². The number of anilines is 2. The fraction of sp³-hybridized carbons (Fsp3) is 0.478. The molecule has 2 aromatic rings. The van der Waals surface area contributed by atoms with Gasteiger partial charge in [0.05, 0.1) is 29.7 Å². The number of nitrogens with one attached hydrogen (secondary N) is 1. The number of aromatic nitrogens is 2. The van der Waals surface area contributed by atoms with E-state index in [1.54, 1.807) is 6.07 Å². The fourth-order valence-corrected chi connectivity index (χ4v) is 3.87. The summed E-state index contributed by atoms with van der Waals surface area (Å²) in [6.45, 7) is 2.25. The Labute approximate surface area is 189 Å². The van der Waals surface area contributed by atoms with E-state index in [2.05, 4.69) is 15.3 Å². The van der Waals surface area contributed by atoms with Gasteiger partial charge in [-0.25, -0.2) is 4.98 Å². The molecule has 0 bridgehead atoms. The third-order valence-corrected chi connectivity index (χ3v) is 6.15. The van der Waals surface area contributed by atoms with Crippen molar-refractivity contribution in [2.24, 2.45) is 11.8 Å². The molecule has 0 radical (unpaired) electrons. The molecular weight excluding hydrogens is 435 g/mol. The van der Waals surface area contributed by atoms with Gasteiger partial charge in [-0.2, -0.15) is 13.2 Å². The van der Waals surface area contributed by atoms with Gasteiger partial charge in [-0.05, 0) is 67.2 Å². The molecule has 33 heavy (non-hydrogen) atoms. The van der Waals surface area contributed by atoms with E-state index in [0.717, 1.165) is 43.5 Å². The summed E-state index contributed by atoms with van der Waals surface area (Å²) >= 11 is 0. The van der Waals surface area contributed by atoms with Crippen LogP contribution >= 0.6 is 0 Å². The average molecular weight is 461 g/mol. The quantitative estimate of drug-likeness (QED) is 0.608. The number of nitrogens with zero attached hydrogens (tertiary/aromatic N) is 3. The molecule has 176 valence electrons. The van der Waals surface area contributed by atoms with Gasteiger partial charge in [-0.3, -0.25) is 14.6 Å². The average Bonchev–Trinajstić information content (AvgIpc) is 3.66. The summed E-state index contributed by atoms with van der Waals surface area (Å²) in [4.78, 5) is 35.1. The van der Waals surface area contributed by atoms with Crippen LogP contribution in [0.1, 0.15) is 55.3 Å². The van der Waals surface area contributed by atoms with E-state index < -0.39 is 23.6 Å². The van der Waals surface area contributed by atoms with E-state index in [1.807, 2.05) is 6.92 Å². The first-order valence-corrected chi connectivity index (χ1v) is 11.0. The molecule has 0 aliphatic heterocycles. The maximum atomic E-state index is 13.0. The second-order valence-electron chi connectivity index (χ2n) is 8.96. The van der Waals surface area contributed by atoms with Crippen molar-refractivity contribution in [3.8, 4) is 0 Å². The summed E-state index contributed by atoms with van der Waals surface area (Å²) in [5.74, 6) is -0.226. The molecule has 1 unspecified atom stereocenters. The monoisotopic (exact) mass is 461 g/mol. The van der Waals surface area contributed by atoms with Gasteiger partial charge in [0, 0.05) is 12.7 Å². The van der Waals surface area contributed by atoms with Crippen LogP contribution in [-0.4, -0.2) is 33.2 Å². The van der Waals surface area contributed by atoms with Crippen LogP contribution < -0.4 is 11.1 Å². The first kappa shape index (κ1) is 23.0. The van der Waals surface area contributed by atoms with Gasteiger partial charge in [-0.15, -0.1) is 0 Å². The number of halogens is 3. The van der Waals surface area contributed by atoms with Gasteiger partial charge >= 0.3 is 18.0 Å². The number of hydrogen-bond donors (Lipinski definition) is 2. The number of nitrogens with two attached hydrogens (primary N) is 1. The standard InChI is InChI=1S/C23H26F3N5O2/c1-13(14-2-3-14)11-31(12-17-7-6-16(9-28-17)23(24,25)26)22(33)21(32)30-18-8-19(15-4-5-15)20(27)29-10-18/h6-10,13-15H,2-5,11-12H2,1H3,(H2,27,29)(H,30,32). The van der Waals surface area contributed by atoms with Crippen molar-refractivity contribution in [3.05, 3.63) is 47.4 Å². The molecule has 2 aromatic heterocycles. The van der Waals surface area contributed by atoms with Crippen molar-refractivity contribution in [3.63, 3.8) is 0 Å². The molecule has 2 heterocycles. The Bertz CT molecular complexity index is 1030. The second kappa shape index (κ2) is 8.99. The number of hydrogen-bond acceptors (Lipinski definition) is 5. The first-order chi connectivity index (χ1) is 15.6. The predicted molar refractivity (Wildman–Crippen MR) is 116 cm³/mol. The summed E-state index contributed by atoms with van der Waals surface area (Å²) in [5.41, 5.74) is 6.55. The molecule has 7 nitrogen and oxygen atoms in total. The molecule has 2 saturated carbocycles. The Kier molecular flexibility index (Phi) is 6.27. The number of pyridine rings is 2. The van der Waals surface area contributed by atoms with Crippen molar-refractivity contribution >= 4 is 23.3 Å². The summed E-state index contributed by atoms with van der Waals surface area (Å²) in [6.07, 6.45) is 1.80. The third-order valence-electron chi connectivity index (χ3n) is 6.15. The molecule has 2 aliphatic rings. The number of alkyl halides is 3. The van der Waals surface area contributed by atoms with Gasteiger partial charge in [0.2, 0.25) is 0 Å². The van der Waals surface area contributed by atoms with Gasteiger partial charge in [-0.1, -0.05) is 6.92 Å². The highest BCUT2D eigenvalue weighted by atomic mass is 19.4. The minimum atomic E-state index is -4.49. The van der Waals surface area contributed by atoms with Crippen LogP contribution in [-0.2, 0) is 22.3 Å². The summed E-state index contributed by atoms with van der Waals surface area (Å²) in [7, 11) is 0. The molecule has 4 rings (SSSR count). The fourth-order valence-electron chi connectivity index (χ4n) is 3.87. The number of carbonyl (C=O) groups excluding carboxylic acids is 2. The van der Waals surface area contributed by atoms with Crippen molar-refractivity contribution in [1.29, 1.82) is 0 Å². The highest BCUT2D eigenvalue weighted by molar-refractivity contribution is 6.39. The number of carbonyl (C=O) groups is 2. The number of amides is 2. The minimum Gasteiger partial charge on any atom is -0.383 e. The lowest BCUT2D eigenvalue weighted by Gasteiger charge is -2.25. The Hall–Kier alpha value is -3.17. The molecule has 2 fully saturated rings. The molecule has 0 saturated heterocycles. The number of rotatable bonds is 7. The summed E-state index contributed by atoms with van der Waals surface area (Å²) in [6, 6.07) is 3.89. The zero-order valence-electron chi connectivity index (χ0n) is 18.2. The maximum Gasteiger partial charge on any atom is 0.417 e. The van der Waals surface area contributed by atoms with Gasteiger partial charge in [0.15, 0.2) is 0 Å². The van der Waals surface area contributed by atoms with Crippen LogP contribution in [0.4, 0.5) is 24.7 Å². The normalized spacial score (nSPS) is 16.8. The Morgan fingerprint density at radius 3 is 2.48 bits per heavy atom. The van der Waals surface area contributed by atoms with E-state index in [0.29, 0.717) is 29.9 Å². The van der Waals surface area contributed by atoms with E-state index in [-0.39, 0.29) is 18.2 Å². The zero-order chi connectivity index (χ0) is 23.8. The van der Waals surface area contributed by atoms with Gasteiger partial charge < -0.3 is 16.0 Å².